The Kier molecular flexibility index (Phi) is 8.19. The number of nitrogens with zero attached hydrogens (tertiary/aromatic N) is 1. The van der Waals surface area contributed by atoms with Gasteiger partial charge in [-0.2, -0.15) is 0 Å². The summed E-state index contributed by atoms with van der Waals surface area (Å²) < 4.78 is 6.30. The molecule has 0 amide bonds. The number of rotatable bonds is 7. The SMILES string of the molecule is c1ccc(-c2cccc(-c3ccc(N(c4ccc(-c5cccc(-c6cc7ccccc7o6)c5)c5ccccc45)c4cc5ccccc5c5ccccc45)cc3)c2)cc1. The average molecular weight is 740 g/mol. The highest BCUT2D eigenvalue weighted by molar-refractivity contribution is 6.16. The molecule has 1 heterocycles. The van der Waals surface area contributed by atoms with Crippen LogP contribution < -0.4 is 4.90 Å². The van der Waals surface area contributed by atoms with Gasteiger partial charge in [-0.1, -0.05) is 176 Å². The summed E-state index contributed by atoms with van der Waals surface area (Å²) in [6, 6.07) is 80.8. The van der Waals surface area contributed by atoms with E-state index in [1.54, 1.807) is 0 Å². The molecule has 58 heavy (non-hydrogen) atoms. The first kappa shape index (κ1) is 33.6. The van der Waals surface area contributed by atoms with Gasteiger partial charge in [0.15, 0.2) is 0 Å². The van der Waals surface area contributed by atoms with Gasteiger partial charge in [0.05, 0.1) is 11.4 Å². The van der Waals surface area contributed by atoms with Crippen LogP contribution in [0.25, 0.3) is 88.0 Å². The quantitative estimate of drug-likeness (QED) is 0.151. The molecule has 0 saturated carbocycles. The summed E-state index contributed by atoms with van der Waals surface area (Å²) in [5.41, 5.74) is 12.4. The lowest BCUT2D eigenvalue weighted by Gasteiger charge is -2.29. The van der Waals surface area contributed by atoms with Crippen LogP contribution in [0.5, 0.6) is 0 Å². The van der Waals surface area contributed by atoms with Crippen molar-refractivity contribution in [3.8, 4) is 44.7 Å². The molecule has 1 aromatic heterocycles. The lowest BCUT2D eigenvalue weighted by Crippen LogP contribution is -2.11. The molecule has 0 radical (unpaired) electrons. The minimum Gasteiger partial charge on any atom is -0.456 e. The first-order valence-corrected chi connectivity index (χ1v) is 19.8. The maximum Gasteiger partial charge on any atom is 0.135 e. The molecule has 0 N–H and O–H groups in total. The van der Waals surface area contributed by atoms with Crippen molar-refractivity contribution in [3.05, 3.63) is 224 Å². The van der Waals surface area contributed by atoms with Crippen LogP contribution in [0, 0.1) is 0 Å². The standard InChI is InChI=1S/C56H37NO/c1-2-14-38(15-3-1)40-18-12-19-41(34-40)39-28-30-46(31-29-39)57(54-36-43-16-4-6-22-47(43)49-23-8-10-26-52(49)54)53-33-32-48(50-24-7-9-25-51(50)53)42-20-13-21-44(35-42)56-37-45-17-5-11-27-55(45)58-56/h1-37H. The van der Waals surface area contributed by atoms with Crippen molar-refractivity contribution in [2.24, 2.45) is 0 Å². The zero-order valence-electron chi connectivity index (χ0n) is 31.7. The van der Waals surface area contributed by atoms with Crippen LogP contribution in [0.4, 0.5) is 17.1 Å². The van der Waals surface area contributed by atoms with E-state index in [1.165, 1.54) is 60.1 Å². The third-order valence-electron chi connectivity index (χ3n) is 11.4. The summed E-state index contributed by atoms with van der Waals surface area (Å²) in [5.74, 6) is 0.869. The Balaban J connectivity index is 1.08. The lowest BCUT2D eigenvalue weighted by molar-refractivity contribution is 0.631. The Bertz CT molecular complexity index is 3250. The Morgan fingerprint density at radius 3 is 1.60 bits per heavy atom. The van der Waals surface area contributed by atoms with Crippen molar-refractivity contribution in [1.29, 1.82) is 0 Å². The largest absolute Gasteiger partial charge is 0.456 e. The van der Waals surface area contributed by atoms with Gasteiger partial charge in [0, 0.05) is 27.4 Å². The number of fused-ring (bicyclic) bond motifs is 5. The van der Waals surface area contributed by atoms with Crippen molar-refractivity contribution in [2.75, 3.05) is 4.90 Å². The van der Waals surface area contributed by atoms with E-state index in [-0.39, 0.29) is 0 Å². The Hall–Kier alpha value is -7.68. The highest BCUT2D eigenvalue weighted by Gasteiger charge is 2.21. The molecule has 10 aromatic carbocycles. The number of furan rings is 1. The first-order valence-electron chi connectivity index (χ1n) is 19.8. The minimum absolute atomic E-state index is 0.869. The fourth-order valence-electron chi connectivity index (χ4n) is 8.63. The Morgan fingerprint density at radius 2 is 0.845 bits per heavy atom. The topological polar surface area (TPSA) is 16.4 Å². The third-order valence-corrected chi connectivity index (χ3v) is 11.4. The summed E-state index contributed by atoms with van der Waals surface area (Å²) in [7, 11) is 0. The van der Waals surface area contributed by atoms with Crippen LogP contribution in [0.1, 0.15) is 0 Å². The number of hydrogen-bond donors (Lipinski definition) is 0. The van der Waals surface area contributed by atoms with Gasteiger partial charge < -0.3 is 9.32 Å². The molecule has 0 spiro atoms. The Labute approximate surface area is 337 Å². The maximum atomic E-state index is 6.30. The summed E-state index contributed by atoms with van der Waals surface area (Å²) in [5, 5.41) is 8.36. The average Bonchev–Trinajstić information content (AvgIpc) is 3.75. The van der Waals surface area contributed by atoms with Gasteiger partial charge in [-0.25, -0.2) is 0 Å². The van der Waals surface area contributed by atoms with E-state index >= 15 is 0 Å². The molecule has 0 aliphatic heterocycles. The number of para-hydroxylation sites is 1. The van der Waals surface area contributed by atoms with E-state index in [0.29, 0.717) is 0 Å². The lowest BCUT2D eigenvalue weighted by atomic mass is 9.94. The smallest absolute Gasteiger partial charge is 0.135 e. The van der Waals surface area contributed by atoms with E-state index in [4.69, 9.17) is 4.42 Å². The summed E-state index contributed by atoms with van der Waals surface area (Å²) in [6.07, 6.45) is 0. The number of benzene rings is 10. The van der Waals surface area contributed by atoms with E-state index in [9.17, 15) is 0 Å². The van der Waals surface area contributed by atoms with Gasteiger partial charge in [0.1, 0.15) is 11.3 Å². The normalized spacial score (nSPS) is 11.4. The molecular weight excluding hydrogens is 703 g/mol. The fourth-order valence-corrected chi connectivity index (χ4v) is 8.63. The molecule has 0 atom stereocenters. The summed E-state index contributed by atoms with van der Waals surface area (Å²) in [4.78, 5) is 2.45. The van der Waals surface area contributed by atoms with Crippen LogP contribution in [-0.2, 0) is 0 Å². The number of hydrogen-bond acceptors (Lipinski definition) is 2. The predicted octanol–water partition coefficient (Wildman–Crippen LogP) is 16.0. The van der Waals surface area contributed by atoms with Crippen molar-refractivity contribution >= 4 is 60.3 Å². The van der Waals surface area contributed by atoms with Crippen molar-refractivity contribution in [1.82, 2.24) is 0 Å². The third kappa shape index (κ3) is 5.91. The van der Waals surface area contributed by atoms with E-state index in [0.717, 1.165) is 44.9 Å². The maximum absolute atomic E-state index is 6.30. The fraction of sp³-hybridized carbons (Fsp3) is 0. The molecule has 0 aliphatic carbocycles. The second-order valence-electron chi connectivity index (χ2n) is 14.9. The first-order chi connectivity index (χ1) is 28.7. The van der Waals surface area contributed by atoms with Gasteiger partial charge in [-0.15, -0.1) is 0 Å². The van der Waals surface area contributed by atoms with Crippen molar-refractivity contribution in [2.45, 2.75) is 0 Å². The van der Waals surface area contributed by atoms with Crippen LogP contribution in [0.3, 0.4) is 0 Å². The molecule has 0 unspecified atom stereocenters. The van der Waals surface area contributed by atoms with Crippen LogP contribution in [0.15, 0.2) is 229 Å². The molecule has 2 nitrogen and oxygen atoms in total. The van der Waals surface area contributed by atoms with Gasteiger partial charge >= 0.3 is 0 Å². The van der Waals surface area contributed by atoms with Gasteiger partial charge in [-0.05, 0) is 103 Å². The van der Waals surface area contributed by atoms with Crippen LogP contribution in [-0.4, -0.2) is 0 Å². The molecule has 0 saturated heterocycles. The number of anilines is 3. The van der Waals surface area contributed by atoms with E-state index in [1.807, 2.05) is 12.1 Å². The Morgan fingerprint density at radius 1 is 0.293 bits per heavy atom. The van der Waals surface area contributed by atoms with Crippen LogP contribution in [0.2, 0.25) is 0 Å². The predicted molar refractivity (Wildman–Crippen MR) is 245 cm³/mol. The minimum atomic E-state index is 0.869. The summed E-state index contributed by atoms with van der Waals surface area (Å²) >= 11 is 0. The zero-order valence-corrected chi connectivity index (χ0v) is 31.7. The highest BCUT2D eigenvalue weighted by atomic mass is 16.3. The second kappa shape index (κ2) is 14.1. The highest BCUT2D eigenvalue weighted by Crippen LogP contribution is 2.46. The second-order valence-corrected chi connectivity index (χ2v) is 14.9. The zero-order chi connectivity index (χ0) is 38.4. The van der Waals surface area contributed by atoms with Gasteiger partial charge in [-0.3, -0.25) is 0 Å². The van der Waals surface area contributed by atoms with Crippen molar-refractivity contribution in [3.63, 3.8) is 0 Å². The van der Waals surface area contributed by atoms with E-state index in [2.05, 4.69) is 217 Å². The van der Waals surface area contributed by atoms with Gasteiger partial charge in [0.25, 0.3) is 0 Å². The van der Waals surface area contributed by atoms with Crippen LogP contribution >= 0.6 is 0 Å². The molecule has 0 bridgehead atoms. The van der Waals surface area contributed by atoms with E-state index < -0.39 is 0 Å². The molecule has 11 rings (SSSR count). The molecular formula is C56H37NO. The molecule has 0 aliphatic rings. The monoisotopic (exact) mass is 739 g/mol. The molecule has 2 heteroatoms. The molecule has 0 fully saturated rings. The van der Waals surface area contributed by atoms with Gasteiger partial charge in [0.2, 0.25) is 0 Å². The van der Waals surface area contributed by atoms with Crippen molar-refractivity contribution < 1.29 is 4.42 Å². The molecule has 11 aromatic rings. The summed E-state index contributed by atoms with van der Waals surface area (Å²) in [6.45, 7) is 0. The molecule has 272 valence electrons.